The van der Waals surface area contributed by atoms with Crippen LogP contribution in [-0.2, 0) is 0 Å². The molecule has 0 aliphatic rings. The summed E-state index contributed by atoms with van der Waals surface area (Å²) in [6.45, 7) is 4.05. The number of carboxylic acids is 1. The highest BCUT2D eigenvalue weighted by molar-refractivity contribution is 9.10. The molecular weight excluding hydrogens is 246 g/mol. The van der Waals surface area contributed by atoms with Crippen LogP contribution in [0.4, 0.5) is 5.69 Å². The van der Waals surface area contributed by atoms with Gasteiger partial charge < -0.3 is 10.4 Å². The topological polar surface area (TPSA) is 49.3 Å². The van der Waals surface area contributed by atoms with Gasteiger partial charge in [-0.25, -0.2) is 4.79 Å². The molecule has 0 heterocycles. The maximum absolute atomic E-state index is 10.6. The smallest absolute Gasteiger partial charge is 0.335 e. The van der Waals surface area contributed by atoms with Crippen molar-refractivity contribution in [1.29, 1.82) is 0 Å². The standard InChI is InChI=1S/C10H12BrNO2/c1-6(2)12-9-4-3-7(10(13)14)5-8(9)11/h3-6,12H,1-2H3,(H,13,14). The SMILES string of the molecule is CC(C)Nc1ccc(C(=O)O)cc1Br. The van der Waals surface area contributed by atoms with E-state index in [4.69, 9.17) is 5.11 Å². The van der Waals surface area contributed by atoms with Crippen molar-refractivity contribution in [2.45, 2.75) is 19.9 Å². The molecule has 0 spiro atoms. The van der Waals surface area contributed by atoms with Crippen molar-refractivity contribution in [3.63, 3.8) is 0 Å². The molecule has 1 aromatic carbocycles. The predicted molar refractivity (Wildman–Crippen MR) is 59.9 cm³/mol. The van der Waals surface area contributed by atoms with Gasteiger partial charge in [-0.2, -0.15) is 0 Å². The third kappa shape index (κ3) is 2.73. The lowest BCUT2D eigenvalue weighted by Crippen LogP contribution is -2.10. The summed E-state index contributed by atoms with van der Waals surface area (Å²) in [5.41, 5.74) is 1.19. The fraction of sp³-hybridized carbons (Fsp3) is 0.300. The van der Waals surface area contributed by atoms with Gasteiger partial charge in [-0.05, 0) is 48.0 Å². The Bertz CT molecular complexity index is 350. The number of hydrogen-bond donors (Lipinski definition) is 2. The summed E-state index contributed by atoms with van der Waals surface area (Å²) in [6, 6.07) is 5.25. The number of anilines is 1. The lowest BCUT2D eigenvalue weighted by molar-refractivity contribution is 0.0697. The van der Waals surface area contributed by atoms with Crippen molar-refractivity contribution in [1.82, 2.24) is 0 Å². The molecule has 1 rings (SSSR count). The number of aromatic carboxylic acids is 1. The van der Waals surface area contributed by atoms with Crippen LogP contribution in [0.2, 0.25) is 0 Å². The van der Waals surface area contributed by atoms with Crippen molar-refractivity contribution in [2.75, 3.05) is 5.32 Å². The van der Waals surface area contributed by atoms with E-state index in [9.17, 15) is 4.79 Å². The number of benzene rings is 1. The molecule has 0 atom stereocenters. The molecule has 0 aliphatic carbocycles. The molecule has 1 aromatic rings. The highest BCUT2D eigenvalue weighted by Gasteiger charge is 2.06. The number of carboxylic acid groups (broad SMARTS) is 1. The Hall–Kier alpha value is -1.03. The zero-order valence-corrected chi connectivity index (χ0v) is 9.63. The number of rotatable bonds is 3. The highest BCUT2D eigenvalue weighted by atomic mass is 79.9. The summed E-state index contributed by atoms with van der Waals surface area (Å²) in [4.78, 5) is 10.6. The number of halogens is 1. The molecule has 0 unspecified atom stereocenters. The van der Waals surface area contributed by atoms with Crippen molar-refractivity contribution in [3.8, 4) is 0 Å². The second-order valence-corrected chi connectivity index (χ2v) is 4.15. The molecule has 0 aliphatic heterocycles. The Labute approximate surface area is 91.3 Å². The Morgan fingerprint density at radius 1 is 1.50 bits per heavy atom. The van der Waals surface area contributed by atoms with Gasteiger partial charge in [-0.1, -0.05) is 0 Å². The molecule has 0 saturated carbocycles. The van der Waals surface area contributed by atoms with Gasteiger partial charge in [0.1, 0.15) is 0 Å². The van der Waals surface area contributed by atoms with Crippen LogP contribution in [0.1, 0.15) is 24.2 Å². The summed E-state index contributed by atoms with van der Waals surface area (Å²) in [6.07, 6.45) is 0. The van der Waals surface area contributed by atoms with Gasteiger partial charge in [-0.15, -0.1) is 0 Å². The second kappa shape index (κ2) is 4.46. The average molecular weight is 258 g/mol. The molecule has 0 radical (unpaired) electrons. The lowest BCUT2D eigenvalue weighted by Gasteiger charge is -2.11. The number of nitrogens with one attached hydrogen (secondary N) is 1. The maximum Gasteiger partial charge on any atom is 0.335 e. The predicted octanol–water partition coefficient (Wildman–Crippen LogP) is 2.97. The van der Waals surface area contributed by atoms with E-state index < -0.39 is 5.97 Å². The summed E-state index contributed by atoms with van der Waals surface area (Å²) >= 11 is 3.32. The first-order chi connectivity index (χ1) is 6.50. The quantitative estimate of drug-likeness (QED) is 0.876. The number of carbonyl (C=O) groups is 1. The van der Waals surface area contributed by atoms with Gasteiger partial charge in [0.05, 0.1) is 5.56 Å². The van der Waals surface area contributed by atoms with Gasteiger partial charge in [0.2, 0.25) is 0 Å². The van der Waals surface area contributed by atoms with E-state index in [2.05, 4.69) is 21.2 Å². The Morgan fingerprint density at radius 2 is 2.14 bits per heavy atom. The Kier molecular flexibility index (Phi) is 3.52. The summed E-state index contributed by atoms with van der Waals surface area (Å²) in [5, 5.41) is 11.9. The third-order valence-electron chi connectivity index (χ3n) is 1.66. The monoisotopic (exact) mass is 257 g/mol. The van der Waals surface area contributed by atoms with Crippen LogP contribution >= 0.6 is 15.9 Å². The maximum atomic E-state index is 10.6. The fourth-order valence-electron chi connectivity index (χ4n) is 1.08. The van der Waals surface area contributed by atoms with Crippen molar-refractivity contribution in [2.24, 2.45) is 0 Å². The third-order valence-corrected chi connectivity index (χ3v) is 2.32. The lowest BCUT2D eigenvalue weighted by atomic mass is 10.2. The van der Waals surface area contributed by atoms with E-state index in [1.54, 1.807) is 18.2 Å². The Balaban J connectivity index is 2.95. The van der Waals surface area contributed by atoms with Crippen LogP contribution in [0.3, 0.4) is 0 Å². The molecule has 4 heteroatoms. The number of hydrogen-bond acceptors (Lipinski definition) is 2. The molecule has 2 N–H and O–H groups in total. The molecule has 14 heavy (non-hydrogen) atoms. The summed E-state index contributed by atoms with van der Waals surface area (Å²) in [7, 11) is 0. The first-order valence-electron chi connectivity index (χ1n) is 4.30. The normalized spacial score (nSPS) is 10.3. The van der Waals surface area contributed by atoms with E-state index in [-0.39, 0.29) is 5.56 Å². The molecular formula is C10H12BrNO2. The van der Waals surface area contributed by atoms with E-state index in [1.165, 1.54) is 0 Å². The molecule has 76 valence electrons. The van der Waals surface area contributed by atoms with Gasteiger partial charge in [-0.3, -0.25) is 0 Å². The van der Waals surface area contributed by atoms with E-state index in [0.29, 0.717) is 6.04 Å². The van der Waals surface area contributed by atoms with E-state index in [0.717, 1.165) is 10.2 Å². The van der Waals surface area contributed by atoms with Gasteiger partial charge >= 0.3 is 5.97 Å². The van der Waals surface area contributed by atoms with Crippen LogP contribution < -0.4 is 5.32 Å². The zero-order chi connectivity index (χ0) is 10.7. The minimum Gasteiger partial charge on any atom is -0.478 e. The molecule has 3 nitrogen and oxygen atoms in total. The van der Waals surface area contributed by atoms with Gasteiger partial charge in [0.15, 0.2) is 0 Å². The van der Waals surface area contributed by atoms with Crippen LogP contribution in [0, 0.1) is 0 Å². The molecule has 0 saturated heterocycles. The van der Waals surface area contributed by atoms with Crippen LogP contribution in [-0.4, -0.2) is 17.1 Å². The van der Waals surface area contributed by atoms with E-state index >= 15 is 0 Å². The van der Waals surface area contributed by atoms with Crippen molar-refractivity contribution in [3.05, 3.63) is 28.2 Å². The summed E-state index contributed by atoms with van der Waals surface area (Å²) in [5.74, 6) is -0.915. The minimum absolute atomic E-state index is 0.284. The molecule has 0 aromatic heterocycles. The van der Waals surface area contributed by atoms with Crippen LogP contribution in [0.5, 0.6) is 0 Å². The first-order valence-corrected chi connectivity index (χ1v) is 5.09. The average Bonchev–Trinajstić information content (AvgIpc) is 2.07. The second-order valence-electron chi connectivity index (χ2n) is 3.30. The summed E-state index contributed by atoms with van der Waals surface area (Å²) < 4.78 is 0.770. The van der Waals surface area contributed by atoms with Crippen LogP contribution in [0.25, 0.3) is 0 Å². The highest BCUT2D eigenvalue weighted by Crippen LogP contribution is 2.24. The molecule has 0 amide bonds. The zero-order valence-electron chi connectivity index (χ0n) is 8.04. The molecule has 0 fully saturated rings. The van der Waals surface area contributed by atoms with Crippen LogP contribution in [0.15, 0.2) is 22.7 Å². The van der Waals surface area contributed by atoms with E-state index in [1.807, 2.05) is 13.8 Å². The van der Waals surface area contributed by atoms with Crippen molar-refractivity contribution >= 4 is 27.6 Å². The minimum atomic E-state index is -0.915. The first kappa shape index (κ1) is 11.0. The Morgan fingerprint density at radius 3 is 2.57 bits per heavy atom. The van der Waals surface area contributed by atoms with Gasteiger partial charge in [0.25, 0.3) is 0 Å². The van der Waals surface area contributed by atoms with Crippen molar-refractivity contribution < 1.29 is 9.90 Å². The molecule has 0 bridgehead atoms. The fourth-order valence-corrected chi connectivity index (χ4v) is 1.57. The largest absolute Gasteiger partial charge is 0.478 e. The van der Waals surface area contributed by atoms with Gasteiger partial charge in [0, 0.05) is 16.2 Å².